The summed E-state index contributed by atoms with van der Waals surface area (Å²) in [5.41, 5.74) is 0.849. The maximum Gasteiger partial charge on any atom is 0.242 e. The van der Waals surface area contributed by atoms with Crippen molar-refractivity contribution in [3.8, 4) is 0 Å². The number of sulfonamides is 1. The maximum absolute atomic E-state index is 12.7. The topological polar surface area (TPSA) is 75.3 Å². The monoisotopic (exact) mass is 480 g/mol. The number of carbonyl (C=O) groups is 1. The molecule has 0 bridgehead atoms. The van der Waals surface area contributed by atoms with E-state index in [2.05, 4.69) is 10.0 Å². The Labute approximate surface area is 184 Å². The SMILES string of the molecule is CSCCC(NS(=O)(=O)c1cc(Cl)ccc1Cl)C(=O)NCc1ccc(Cl)cc1. The molecule has 0 aromatic heterocycles. The van der Waals surface area contributed by atoms with Gasteiger partial charge in [-0.3, -0.25) is 4.79 Å². The fraction of sp³-hybridized carbons (Fsp3) is 0.278. The van der Waals surface area contributed by atoms with Crippen LogP contribution in [0.15, 0.2) is 47.4 Å². The molecule has 152 valence electrons. The third-order valence-electron chi connectivity index (χ3n) is 3.79. The summed E-state index contributed by atoms with van der Waals surface area (Å²) in [6.07, 6.45) is 2.20. The summed E-state index contributed by atoms with van der Waals surface area (Å²) < 4.78 is 27.9. The summed E-state index contributed by atoms with van der Waals surface area (Å²) in [4.78, 5) is 12.5. The maximum atomic E-state index is 12.7. The molecule has 0 radical (unpaired) electrons. The van der Waals surface area contributed by atoms with Gasteiger partial charge in [0.05, 0.1) is 5.02 Å². The fourth-order valence-corrected chi connectivity index (χ4v) is 4.92. The molecule has 0 aliphatic rings. The van der Waals surface area contributed by atoms with E-state index in [1.54, 1.807) is 24.3 Å². The first-order chi connectivity index (χ1) is 13.2. The quantitative estimate of drug-likeness (QED) is 0.558. The minimum atomic E-state index is -4.03. The molecule has 0 fully saturated rings. The van der Waals surface area contributed by atoms with Crippen LogP contribution in [0.2, 0.25) is 15.1 Å². The van der Waals surface area contributed by atoms with Crippen molar-refractivity contribution in [1.82, 2.24) is 10.0 Å². The van der Waals surface area contributed by atoms with E-state index in [0.717, 1.165) is 5.56 Å². The number of carbonyl (C=O) groups excluding carboxylic acids is 1. The molecule has 0 aliphatic heterocycles. The molecule has 0 spiro atoms. The highest BCUT2D eigenvalue weighted by Gasteiger charge is 2.27. The molecule has 0 heterocycles. The van der Waals surface area contributed by atoms with Gasteiger partial charge in [0.25, 0.3) is 0 Å². The first-order valence-corrected chi connectivity index (χ1v) is 12.2. The molecular formula is C18H19Cl3N2O3S2. The van der Waals surface area contributed by atoms with E-state index in [9.17, 15) is 13.2 Å². The van der Waals surface area contributed by atoms with E-state index in [0.29, 0.717) is 17.2 Å². The van der Waals surface area contributed by atoms with Crippen molar-refractivity contribution < 1.29 is 13.2 Å². The highest BCUT2D eigenvalue weighted by atomic mass is 35.5. The smallest absolute Gasteiger partial charge is 0.242 e. The van der Waals surface area contributed by atoms with E-state index in [1.807, 2.05) is 6.26 Å². The normalized spacial score (nSPS) is 12.6. The number of rotatable bonds is 9. The molecule has 5 nitrogen and oxygen atoms in total. The lowest BCUT2D eigenvalue weighted by Gasteiger charge is -2.19. The Morgan fingerprint density at radius 2 is 1.71 bits per heavy atom. The summed E-state index contributed by atoms with van der Waals surface area (Å²) in [6, 6.07) is 10.2. The Kier molecular flexibility index (Phi) is 8.92. The van der Waals surface area contributed by atoms with Gasteiger partial charge in [-0.15, -0.1) is 0 Å². The van der Waals surface area contributed by atoms with E-state index in [-0.39, 0.29) is 21.5 Å². The third-order valence-corrected chi connectivity index (χ3v) is 6.87. The van der Waals surface area contributed by atoms with Crippen molar-refractivity contribution in [2.45, 2.75) is 23.9 Å². The predicted molar refractivity (Wildman–Crippen MR) is 117 cm³/mol. The largest absolute Gasteiger partial charge is 0.351 e. The fourth-order valence-electron chi connectivity index (χ4n) is 2.33. The molecular weight excluding hydrogens is 463 g/mol. The molecule has 0 saturated carbocycles. The molecule has 1 unspecified atom stereocenters. The molecule has 1 amide bonds. The van der Waals surface area contributed by atoms with E-state index < -0.39 is 22.0 Å². The van der Waals surface area contributed by atoms with E-state index >= 15 is 0 Å². The second kappa shape index (κ2) is 10.7. The van der Waals surface area contributed by atoms with Gasteiger partial charge in [0, 0.05) is 16.6 Å². The van der Waals surface area contributed by atoms with Crippen LogP contribution in [0.1, 0.15) is 12.0 Å². The summed E-state index contributed by atoms with van der Waals surface area (Å²) in [6.45, 7) is 0.255. The summed E-state index contributed by atoms with van der Waals surface area (Å²) >= 11 is 19.3. The third kappa shape index (κ3) is 6.83. The van der Waals surface area contributed by atoms with Gasteiger partial charge in [0.1, 0.15) is 10.9 Å². The minimum absolute atomic E-state index is 0.0297. The van der Waals surface area contributed by atoms with Crippen LogP contribution >= 0.6 is 46.6 Å². The molecule has 0 aliphatic carbocycles. The van der Waals surface area contributed by atoms with Gasteiger partial charge in [-0.1, -0.05) is 46.9 Å². The predicted octanol–water partition coefficient (Wildman–Crippen LogP) is 4.36. The number of hydrogen-bond acceptors (Lipinski definition) is 4. The lowest BCUT2D eigenvalue weighted by molar-refractivity contribution is -0.122. The lowest BCUT2D eigenvalue weighted by Crippen LogP contribution is -2.46. The second-order valence-corrected chi connectivity index (χ2v) is 9.82. The first kappa shape index (κ1) is 23.3. The van der Waals surface area contributed by atoms with Crippen molar-refractivity contribution in [2.75, 3.05) is 12.0 Å². The van der Waals surface area contributed by atoms with Gasteiger partial charge in [-0.2, -0.15) is 16.5 Å². The lowest BCUT2D eigenvalue weighted by atomic mass is 10.2. The van der Waals surface area contributed by atoms with Crippen molar-refractivity contribution >= 4 is 62.5 Å². The number of hydrogen-bond donors (Lipinski definition) is 2. The molecule has 2 aromatic rings. The summed E-state index contributed by atoms with van der Waals surface area (Å²) in [5, 5.41) is 3.61. The van der Waals surface area contributed by atoms with Gasteiger partial charge in [0.2, 0.25) is 15.9 Å². The van der Waals surface area contributed by atoms with E-state index in [1.165, 1.54) is 30.0 Å². The van der Waals surface area contributed by atoms with E-state index in [4.69, 9.17) is 34.8 Å². The van der Waals surface area contributed by atoms with Gasteiger partial charge in [-0.25, -0.2) is 8.42 Å². The van der Waals surface area contributed by atoms with Crippen molar-refractivity contribution in [3.05, 3.63) is 63.1 Å². The number of nitrogens with one attached hydrogen (secondary N) is 2. The molecule has 0 saturated heterocycles. The van der Waals surface area contributed by atoms with Gasteiger partial charge < -0.3 is 5.32 Å². The van der Waals surface area contributed by atoms with Crippen LogP contribution < -0.4 is 10.0 Å². The summed E-state index contributed by atoms with van der Waals surface area (Å²) in [5.74, 6) is 0.177. The van der Waals surface area contributed by atoms with Crippen molar-refractivity contribution in [2.24, 2.45) is 0 Å². The average molecular weight is 482 g/mol. The van der Waals surface area contributed by atoms with Crippen LogP contribution in [0, 0.1) is 0 Å². The van der Waals surface area contributed by atoms with Crippen LogP contribution in [0.5, 0.6) is 0 Å². The molecule has 10 heteroatoms. The number of benzene rings is 2. The Hall–Kier alpha value is -0.960. The minimum Gasteiger partial charge on any atom is -0.351 e. The van der Waals surface area contributed by atoms with Crippen LogP contribution in [0.25, 0.3) is 0 Å². The van der Waals surface area contributed by atoms with Gasteiger partial charge in [0.15, 0.2) is 0 Å². The Morgan fingerprint density at radius 3 is 2.36 bits per heavy atom. The zero-order chi connectivity index (χ0) is 20.7. The summed E-state index contributed by atoms with van der Waals surface area (Å²) in [7, 11) is -4.03. The standard InChI is InChI=1S/C18H19Cl3N2O3S2/c1-27-9-8-16(18(24)22-11-12-2-4-13(19)5-3-12)23-28(25,26)17-10-14(20)6-7-15(17)21/h2-7,10,16,23H,8-9,11H2,1H3,(H,22,24). The highest BCUT2D eigenvalue weighted by Crippen LogP contribution is 2.25. The zero-order valence-corrected chi connectivity index (χ0v) is 18.8. The number of halogens is 3. The Balaban J connectivity index is 2.14. The first-order valence-electron chi connectivity index (χ1n) is 8.21. The van der Waals surface area contributed by atoms with Crippen LogP contribution in [-0.2, 0) is 21.4 Å². The van der Waals surface area contributed by atoms with Crippen molar-refractivity contribution in [1.29, 1.82) is 0 Å². The number of amides is 1. The van der Waals surface area contributed by atoms with Gasteiger partial charge >= 0.3 is 0 Å². The second-order valence-electron chi connectivity index (χ2n) is 5.87. The van der Waals surface area contributed by atoms with Crippen molar-refractivity contribution in [3.63, 3.8) is 0 Å². The van der Waals surface area contributed by atoms with Crippen LogP contribution in [-0.4, -0.2) is 32.4 Å². The highest BCUT2D eigenvalue weighted by molar-refractivity contribution is 7.98. The molecule has 28 heavy (non-hydrogen) atoms. The molecule has 2 rings (SSSR count). The Bertz CT molecular complexity index is 922. The molecule has 1 atom stereocenters. The average Bonchev–Trinajstić information content (AvgIpc) is 2.66. The van der Waals surface area contributed by atoms with Crippen LogP contribution in [0.4, 0.5) is 0 Å². The Morgan fingerprint density at radius 1 is 1.07 bits per heavy atom. The molecule has 2 N–H and O–H groups in total. The zero-order valence-electron chi connectivity index (χ0n) is 14.9. The molecule has 2 aromatic carbocycles. The van der Waals surface area contributed by atoms with Crippen LogP contribution in [0.3, 0.4) is 0 Å². The number of thioether (sulfide) groups is 1. The van der Waals surface area contributed by atoms with Gasteiger partial charge in [-0.05, 0) is 54.3 Å².